The zero-order valence-electron chi connectivity index (χ0n) is 15.5. The zero-order chi connectivity index (χ0) is 18.3. The summed E-state index contributed by atoms with van der Waals surface area (Å²) in [5.41, 5.74) is 0.844. The molecule has 0 unspecified atom stereocenters. The standard InChI is InChI=1S/C19H26N4O2S/c1-12-15-17(21-14-6-4-3-5-9-23(14)18(15)24)26-16(12)19(25)22-10-7-13(20-2)8-11-22/h13,20H,3-11H2,1-2H3. The molecule has 2 aliphatic heterocycles. The van der Waals surface area contributed by atoms with E-state index in [-0.39, 0.29) is 11.5 Å². The van der Waals surface area contributed by atoms with Crippen molar-refractivity contribution < 1.29 is 4.79 Å². The van der Waals surface area contributed by atoms with E-state index in [1.54, 1.807) is 0 Å². The van der Waals surface area contributed by atoms with E-state index in [4.69, 9.17) is 4.98 Å². The van der Waals surface area contributed by atoms with Gasteiger partial charge < -0.3 is 10.2 Å². The summed E-state index contributed by atoms with van der Waals surface area (Å²) in [6, 6.07) is 0.490. The predicted octanol–water partition coefficient (Wildman–Crippen LogP) is 2.32. The van der Waals surface area contributed by atoms with E-state index in [0.717, 1.165) is 74.4 Å². The van der Waals surface area contributed by atoms with Crippen molar-refractivity contribution in [3.05, 3.63) is 26.6 Å². The number of likely N-dealkylation sites (tertiary alicyclic amines) is 1. The Balaban J connectivity index is 1.71. The third-order valence-electron chi connectivity index (χ3n) is 5.80. The molecule has 0 saturated carbocycles. The smallest absolute Gasteiger partial charge is 0.264 e. The van der Waals surface area contributed by atoms with Crippen LogP contribution in [-0.2, 0) is 13.0 Å². The largest absolute Gasteiger partial charge is 0.338 e. The minimum Gasteiger partial charge on any atom is -0.338 e. The van der Waals surface area contributed by atoms with Gasteiger partial charge >= 0.3 is 0 Å². The summed E-state index contributed by atoms with van der Waals surface area (Å²) in [6.07, 6.45) is 6.04. The molecule has 0 spiro atoms. The minimum absolute atomic E-state index is 0.0357. The monoisotopic (exact) mass is 374 g/mol. The van der Waals surface area contributed by atoms with E-state index in [2.05, 4.69) is 5.32 Å². The number of carbonyl (C=O) groups excluding carboxylic acids is 1. The maximum atomic E-state index is 13.1. The van der Waals surface area contributed by atoms with Crippen molar-refractivity contribution in [3.63, 3.8) is 0 Å². The van der Waals surface area contributed by atoms with Crippen LogP contribution < -0.4 is 10.9 Å². The predicted molar refractivity (Wildman–Crippen MR) is 104 cm³/mol. The normalized spacial score (nSPS) is 18.8. The Labute approximate surface area is 157 Å². The fraction of sp³-hybridized carbons (Fsp3) is 0.632. The number of hydrogen-bond donors (Lipinski definition) is 1. The van der Waals surface area contributed by atoms with E-state index in [1.807, 2.05) is 23.4 Å². The number of carbonyl (C=O) groups is 1. The quantitative estimate of drug-likeness (QED) is 0.876. The molecule has 0 bridgehead atoms. The lowest BCUT2D eigenvalue weighted by Gasteiger charge is -2.31. The van der Waals surface area contributed by atoms with Crippen LogP contribution in [0.15, 0.2) is 4.79 Å². The fourth-order valence-electron chi connectivity index (χ4n) is 4.13. The van der Waals surface area contributed by atoms with Crippen LogP contribution in [0, 0.1) is 6.92 Å². The molecule has 1 fully saturated rings. The van der Waals surface area contributed by atoms with Crippen LogP contribution in [0.3, 0.4) is 0 Å². The highest BCUT2D eigenvalue weighted by molar-refractivity contribution is 7.20. The Kier molecular flexibility index (Phi) is 4.84. The van der Waals surface area contributed by atoms with E-state index < -0.39 is 0 Å². The average molecular weight is 375 g/mol. The van der Waals surface area contributed by atoms with Gasteiger partial charge in [-0.1, -0.05) is 6.42 Å². The molecule has 2 aliphatic rings. The van der Waals surface area contributed by atoms with Gasteiger partial charge in [0.25, 0.3) is 11.5 Å². The second-order valence-electron chi connectivity index (χ2n) is 7.39. The summed E-state index contributed by atoms with van der Waals surface area (Å²) in [6.45, 7) is 4.17. The topological polar surface area (TPSA) is 67.2 Å². The highest BCUT2D eigenvalue weighted by Gasteiger charge is 2.27. The van der Waals surface area contributed by atoms with Crippen molar-refractivity contribution in [2.24, 2.45) is 0 Å². The molecular weight excluding hydrogens is 348 g/mol. The van der Waals surface area contributed by atoms with Crippen LogP contribution in [0.1, 0.15) is 53.2 Å². The van der Waals surface area contributed by atoms with E-state index in [0.29, 0.717) is 16.3 Å². The number of nitrogens with one attached hydrogen (secondary N) is 1. The highest BCUT2D eigenvalue weighted by atomic mass is 32.1. The Bertz CT molecular complexity index is 893. The Morgan fingerprint density at radius 1 is 1.19 bits per heavy atom. The van der Waals surface area contributed by atoms with E-state index >= 15 is 0 Å². The van der Waals surface area contributed by atoms with Gasteiger partial charge in [0.05, 0.1) is 10.3 Å². The van der Waals surface area contributed by atoms with Crippen molar-refractivity contribution >= 4 is 27.5 Å². The van der Waals surface area contributed by atoms with Crippen molar-refractivity contribution in [1.29, 1.82) is 0 Å². The average Bonchev–Trinajstić information content (AvgIpc) is 2.83. The van der Waals surface area contributed by atoms with Crippen LogP contribution in [0.25, 0.3) is 10.2 Å². The molecule has 1 N–H and O–H groups in total. The molecule has 140 valence electrons. The number of piperidine rings is 1. The summed E-state index contributed by atoms with van der Waals surface area (Å²) >= 11 is 1.39. The van der Waals surface area contributed by atoms with Crippen LogP contribution >= 0.6 is 11.3 Å². The summed E-state index contributed by atoms with van der Waals surface area (Å²) in [4.78, 5) is 34.2. The molecule has 4 heterocycles. The highest BCUT2D eigenvalue weighted by Crippen LogP contribution is 2.30. The lowest BCUT2D eigenvalue weighted by atomic mass is 10.0. The van der Waals surface area contributed by atoms with Gasteiger partial charge in [-0.05, 0) is 45.2 Å². The molecule has 26 heavy (non-hydrogen) atoms. The van der Waals surface area contributed by atoms with Crippen molar-refractivity contribution in [1.82, 2.24) is 19.8 Å². The molecule has 7 heteroatoms. The molecule has 1 amide bonds. The molecule has 6 nitrogen and oxygen atoms in total. The number of fused-ring (bicyclic) bond motifs is 2. The first-order valence-corrected chi connectivity index (χ1v) is 10.4. The van der Waals surface area contributed by atoms with Gasteiger partial charge in [0.2, 0.25) is 0 Å². The molecule has 4 rings (SSSR count). The van der Waals surface area contributed by atoms with Gasteiger partial charge in [-0.15, -0.1) is 11.3 Å². The molecule has 0 aromatic carbocycles. The van der Waals surface area contributed by atoms with Crippen molar-refractivity contribution in [2.45, 2.75) is 58.0 Å². The van der Waals surface area contributed by atoms with Gasteiger partial charge in [0.15, 0.2) is 0 Å². The first-order valence-electron chi connectivity index (χ1n) is 9.59. The number of amides is 1. The molecule has 0 aliphatic carbocycles. The number of rotatable bonds is 2. The third-order valence-corrected chi connectivity index (χ3v) is 6.97. The van der Waals surface area contributed by atoms with Crippen molar-refractivity contribution in [3.8, 4) is 0 Å². The second-order valence-corrected chi connectivity index (χ2v) is 8.39. The molecular formula is C19H26N4O2S. The zero-order valence-corrected chi connectivity index (χ0v) is 16.3. The van der Waals surface area contributed by atoms with Crippen LogP contribution in [-0.4, -0.2) is 46.5 Å². The molecule has 0 atom stereocenters. The van der Waals surface area contributed by atoms with Crippen LogP contribution in [0.5, 0.6) is 0 Å². The fourth-order valence-corrected chi connectivity index (χ4v) is 5.29. The Hall–Kier alpha value is -1.73. The minimum atomic E-state index is 0.0357. The number of thiophene rings is 1. The van der Waals surface area contributed by atoms with Crippen LogP contribution in [0.4, 0.5) is 0 Å². The van der Waals surface area contributed by atoms with Gasteiger partial charge in [0, 0.05) is 32.1 Å². The number of aromatic nitrogens is 2. The molecule has 2 aromatic heterocycles. The lowest BCUT2D eigenvalue weighted by molar-refractivity contribution is 0.0711. The van der Waals surface area contributed by atoms with Gasteiger partial charge in [0.1, 0.15) is 10.7 Å². The molecule has 1 saturated heterocycles. The van der Waals surface area contributed by atoms with E-state index in [9.17, 15) is 9.59 Å². The maximum Gasteiger partial charge on any atom is 0.264 e. The summed E-state index contributed by atoms with van der Waals surface area (Å²) < 4.78 is 1.84. The summed E-state index contributed by atoms with van der Waals surface area (Å²) in [5.74, 6) is 0.940. The Morgan fingerprint density at radius 2 is 1.96 bits per heavy atom. The van der Waals surface area contributed by atoms with Gasteiger partial charge in [-0.3, -0.25) is 14.2 Å². The maximum absolute atomic E-state index is 13.1. The van der Waals surface area contributed by atoms with Crippen LogP contribution in [0.2, 0.25) is 0 Å². The summed E-state index contributed by atoms with van der Waals surface area (Å²) in [5, 5.41) is 3.94. The molecule has 2 aromatic rings. The third kappa shape index (κ3) is 2.97. The Morgan fingerprint density at radius 3 is 2.69 bits per heavy atom. The second kappa shape index (κ2) is 7.12. The number of nitrogens with zero attached hydrogens (tertiary/aromatic N) is 3. The lowest BCUT2D eigenvalue weighted by Crippen LogP contribution is -2.43. The molecule has 0 radical (unpaired) electrons. The first kappa shape index (κ1) is 17.7. The van der Waals surface area contributed by atoms with Crippen molar-refractivity contribution in [2.75, 3.05) is 20.1 Å². The van der Waals surface area contributed by atoms with Gasteiger partial charge in [-0.2, -0.15) is 0 Å². The number of hydrogen-bond acceptors (Lipinski definition) is 5. The SMILES string of the molecule is CNC1CCN(C(=O)c2sc3nc4n(c(=O)c3c2C)CCCCC4)CC1. The first-order chi connectivity index (χ1) is 12.6. The van der Waals surface area contributed by atoms with Gasteiger partial charge in [-0.25, -0.2) is 4.98 Å². The summed E-state index contributed by atoms with van der Waals surface area (Å²) in [7, 11) is 1.97. The van der Waals surface area contributed by atoms with E-state index in [1.165, 1.54) is 11.3 Å². The number of aryl methyl sites for hydroxylation is 2.